The summed E-state index contributed by atoms with van der Waals surface area (Å²) in [6, 6.07) is 5.42. The number of aromatic nitrogens is 2. The summed E-state index contributed by atoms with van der Waals surface area (Å²) in [4.78, 5) is 21.7. The predicted octanol–water partition coefficient (Wildman–Crippen LogP) is 4.42. The van der Waals surface area contributed by atoms with Crippen molar-refractivity contribution < 1.29 is 4.79 Å². The minimum Gasteiger partial charge on any atom is -0.357 e. The topological polar surface area (TPSA) is 66.9 Å². The van der Waals surface area contributed by atoms with Gasteiger partial charge in [-0.1, -0.05) is 41.0 Å². The molecular formula is C18H20Cl2N4OS. The zero-order valence-electron chi connectivity index (χ0n) is 15.0. The van der Waals surface area contributed by atoms with E-state index in [0.717, 1.165) is 21.8 Å². The third-order valence-corrected chi connectivity index (χ3v) is 5.79. The number of amides is 1. The Morgan fingerprint density at radius 3 is 2.58 bits per heavy atom. The van der Waals surface area contributed by atoms with Crippen LogP contribution in [-0.4, -0.2) is 33.7 Å². The van der Waals surface area contributed by atoms with Crippen molar-refractivity contribution in [2.24, 2.45) is 0 Å². The van der Waals surface area contributed by atoms with Crippen LogP contribution in [0.4, 0.5) is 5.95 Å². The Labute approximate surface area is 167 Å². The number of hydrogen-bond acceptors (Lipinski definition) is 5. The van der Waals surface area contributed by atoms with Crippen LogP contribution < -0.4 is 10.6 Å². The summed E-state index contributed by atoms with van der Waals surface area (Å²) in [5.41, 5.74) is 2.31. The zero-order chi connectivity index (χ0) is 19.1. The lowest BCUT2D eigenvalue weighted by atomic mass is 10.0. The molecule has 26 heavy (non-hydrogen) atoms. The molecule has 0 radical (unpaired) electrons. The van der Waals surface area contributed by atoms with E-state index in [1.165, 1.54) is 11.8 Å². The minimum absolute atomic E-state index is 0.00611. The highest BCUT2D eigenvalue weighted by Crippen LogP contribution is 2.41. The largest absolute Gasteiger partial charge is 0.357 e. The van der Waals surface area contributed by atoms with Gasteiger partial charge in [0, 0.05) is 23.7 Å². The van der Waals surface area contributed by atoms with Gasteiger partial charge in [0.25, 0.3) is 0 Å². The molecule has 3 rings (SSSR count). The molecule has 0 fully saturated rings. The third kappa shape index (κ3) is 4.08. The van der Waals surface area contributed by atoms with Crippen LogP contribution in [0.1, 0.15) is 26.3 Å². The first-order valence-corrected chi connectivity index (χ1v) is 9.84. The number of carbonyl (C=O) groups is 1. The number of hydrogen-bond donors (Lipinski definition) is 2. The SMILES string of the molecule is CNc1nc2c(c(-c3ccc(Cl)c(Cl)c3)n1)CC(C(=O)NC(C)(C)C)S2. The van der Waals surface area contributed by atoms with Crippen molar-refractivity contribution in [2.75, 3.05) is 12.4 Å². The van der Waals surface area contributed by atoms with Crippen molar-refractivity contribution in [3.63, 3.8) is 0 Å². The molecule has 0 saturated heterocycles. The summed E-state index contributed by atoms with van der Waals surface area (Å²) >= 11 is 13.7. The number of rotatable bonds is 3. The molecule has 0 spiro atoms. The molecule has 2 N–H and O–H groups in total. The number of fused-ring (bicyclic) bond motifs is 1. The highest BCUT2D eigenvalue weighted by Gasteiger charge is 2.34. The van der Waals surface area contributed by atoms with Gasteiger partial charge in [0.1, 0.15) is 5.03 Å². The highest BCUT2D eigenvalue weighted by atomic mass is 35.5. The second-order valence-electron chi connectivity index (χ2n) is 7.11. The van der Waals surface area contributed by atoms with Gasteiger partial charge in [-0.15, -0.1) is 0 Å². The molecule has 1 aromatic heterocycles. The summed E-state index contributed by atoms with van der Waals surface area (Å²) in [5, 5.41) is 7.57. The number of thioether (sulfide) groups is 1. The molecule has 1 aromatic carbocycles. The van der Waals surface area contributed by atoms with E-state index < -0.39 is 0 Å². The number of benzene rings is 1. The van der Waals surface area contributed by atoms with E-state index in [-0.39, 0.29) is 16.7 Å². The first kappa shape index (κ1) is 19.3. The fourth-order valence-electron chi connectivity index (χ4n) is 2.70. The van der Waals surface area contributed by atoms with Crippen molar-refractivity contribution in [1.29, 1.82) is 0 Å². The van der Waals surface area contributed by atoms with Crippen molar-refractivity contribution in [1.82, 2.24) is 15.3 Å². The molecule has 138 valence electrons. The molecule has 2 heterocycles. The average Bonchev–Trinajstić information content (AvgIpc) is 2.99. The quantitative estimate of drug-likeness (QED) is 0.732. The van der Waals surface area contributed by atoms with E-state index in [0.29, 0.717) is 22.4 Å². The first-order valence-electron chi connectivity index (χ1n) is 8.20. The molecule has 1 atom stereocenters. The van der Waals surface area contributed by atoms with Crippen LogP contribution in [0.15, 0.2) is 23.2 Å². The molecule has 1 aliphatic rings. The van der Waals surface area contributed by atoms with E-state index in [9.17, 15) is 4.79 Å². The van der Waals surface area contributed by atoms with Crippen molar-refractivity contribution in [3.05, 3.63) is 33.8 Å². The monoisotopic (exact) mass is 410 g/mol. The van der Waals surface area contributed by atoms with E-state index in [2.05, 4.69) is 20.6 Å². The summed E-state index contributed by atoms with van der Waals surface area (Å²) in [7, 11) is 1.77. The van der Waals surface area contributed by atoms with Crippen LogP contribution in [0.2, 0.25) is 10.0 Å². The lowest BCUT2D eigenvalue weighted by molar-refractivity contribution is -0.121. The van der Waals surface area contributed by atoms with Crippen molar-refractivity contribution in [3.8, 4) is 11.3 Å². The molecule has 8 heteroatoms. The molecule has 2 aromatic rings. The van der Waals surface area contributed by atoms with E-state index >= 15 is 0 Å². The van der Waals surface area contributed by atoms with Crippen molar-refractivity contribution >= 4 is 46.8 Å². The number of nitrogens with zero attached hydrogens (tertiary/aromatic N) is 2. The predicted molar refractivity (Wildman–Crippen MR) is 108 cm³/mol. The third-order valence-electron chi connectivity index (χ3n) is 3.82. The molecule has 0 saturated carbocycles. The van der Waals surface area contributed by atoms with Gasteiger partial charge in [0.05, 0.1) is 21.0 Å². The Balaban J connectivity index is 1.99. The van der Waals surface area contributed by atoms with Gasteiger partial charge in [-0.05, 0) is 39.3 Å². The van der Waals surface area contributed by atoms with Gasteiger partial charge >= 0.3 is 0 Å². The first-order chi connectivity index (χ1) is 12.2. The summed E-state index contributed by atoms with van der Waals surface area (Å²) in [6.45, 7) is 5.91. The van der Waals surface area contributed by atoms with Crippen molar-refractivity contribution in [2.45, 2.75) is 43.0 Å². The van der Waals surface area contributed by atoms with Gasteiger partial charge in [-0.2, -0.15) is 0 Å². The molecule has 0 aliphatic carbocycles. The maximum Gasteiger partial charge on any atom is 0.234 e. The molecule has 1 amide bonds. The number of carbonyl (C=O) groups excluding carboxylic acids is 1. The molecule has 5 nitrogen and oxygen atoms in total. The Morgan fingerprint density at radius 1 is 1.23 bits per heavy atom. The Bertz CT molecular complexity index is 867. The molecule has 0 bridgehead atoms. The molecule has 1 unspecified atom stereocenters. The van der Waals surface area contributed by atoms with E-state index in [1.807, 2.05) is 26.8 Å². The van der Waals surface area contributed by atoms with Crippen LogP contribution in [0, 0.1) is 0 Å². The van der Waals surface area contributed by atoms with Gasteiger partial charge in [0.15, 0.2) is 0 Å². The highest BCUT2D eigenvalue weighted by molar-refractivity contribution is 8.00. The minimum atomic E-state index is -0.277. The van der Waals surface area contributed by atoms with Gasteiger partial charge in [-0.3, -0.25) is 4.79 Å². The van der Waals surface area contributed by atoms with Gasteiger partial charge in [0.2, 0.25) is 11.9 Å². The second-order valence-corrected chi connectivity index (χ2v) is 9.11. The smallest absolute Gasteiger partial charge is 0.234 e. The Morgan fingerprint density at radius 2 is 1.96 bits per heavy atom. The van der Waals surface area contributed by atoms with Gasteiger partial charge in [-0.25, -0.2) is 9.97 Å². The van der Waals surface area contributed by atoms with Crippen LogP contribution in [0.25, 0.3) is 11.3 Å². The van der Waals surface area contributed by atoms with Crippen LogP contribution in [0.5, 0.6) is 0 Å². The normalized spacial score (nSPS) is 16.3. The lowest BCUT2D eigenvalue weighted by Gasteiger charge is -2.22. The summed E-state index contributed by atoms with van der Waals surface area (Å²) < 4.78 is 0. The average molecular weight is 411 g/mol. The van der Waals surface area contributed by atoms with E-state index in [4.69, 9.17) is 23.2 Å². The summed E-state index contributed by atoms with van der Waals surface area (Å²) in [6.07, 6.45) is 0.571. The van der Waals surface area contributed by atoms with E-state index in [1.54, 1.807) is 19.2 Å². The maximum absolute atomic E-state index is 12.6. The second kappa shape index (κ2) is 7.25. The standard InChI is InChI=1S/C18H20Cl2N4OS/c1-18(2,3)24-15(25)13-8-10-14(9-5-6-11(19)12(20)7-9)22-17(21-4)23-16(10)26-13/h5-7,13H,8H2,1-4H3,(H,24,25)(H,21,22,23). The van der Waals surface area contributed by atoms with Crippen LogP contribution in [-0.2, 0) is 11.2 Å². The Kier molecular flexibility index (Phi) is 5.37. The fourth-order valence-corrected chi connectivity index (χ4v) is 4.14. The molecular weight excluding hydrogens is 391 g/mol. The number of halogens is 2. The zero-order valence-corrected chi connectivity index (χ0v) is 17.3. The van der Waals surface area contributed by atoms with Crippen LogP contribution in [0.3, 0.4) is 0 Å². The van der Waals surface area contributed by atoms with Gasteiger partial charge < -0.3 is 10.6 Å². The number of anilines is 1. The maximum atomic E-state index is 12.6. The fraction of sp³-hybridized carbons (Fsp3) is 0.389. The van der Waals surface area contributed by atoms with Crippen LogP contribution >= 0.6 is 35.0 Å². The lowest BCUT2D eigenvalue weighted by Crippen LogP contribution is -2.44. The summed E-state index contributed by atoms with van der Waals surface area (Å²) in [5.74, 6) is 0.515. The number of nitrogens with one attached hydrogen (secondary N) is 2. The Hall–Kier alpha value is -1.50. The molecule has 1 aliphatic heterocycles.